The second-order valence-electron chi connectivity index (χ2n) is 8.11. The van der Waals surface area contributed by atoms with E-state index in [0.717, 1.165) is 17.5 Å². The smallest absolute Gasteiger partial charge is 0.300 e. The standard InChI is InChI=1S/C27H26N2O4/c1-4-15-33-21-8-6-20(7-9-21)25(30)23-24(19-11-13-28-14-12-19)29(27(32)26(23)31)22-10-5-17(2)16-18(22)3/h5-14,16,24,30H,4,15H2,1-3H3/b25-23+. The average Bonchev–Trinajstić information content (AvgIpc) is 3.08. The van der Waals surface area contributed by atoms with Crippen LogP contribution in [-0.2, 0) is 9.59 Å². The Hall–Kier alpha value is -3.93. The minimum atomic E-state index is -0.773. The molecule has 0 spiro atoms. The Morgan fingerprint density at radius 2 is 1.73 bits per heavy atom. The van der Waals surface area contributed by atoms with Crippen LogP contribution in [0, 0.1) is 13.8 Å². The summed E-state index contributed by atoms with van der Waals surface area (Å²) in [5.74, 6) is -0.937. The van der Waals surface area contributed by atoms with Crippen LogP contribution < -0.4 is 9.64 Å². The van der Waals surface area contributed by atoms with E-state index in [2.05, 4.69) is 4.98 Å². The molecule has 1 aliphatic heterocycles. The molecular weight excluding hydrogens is 416 g/mol. The average molecular weight is 443 g/mol. The number of aliphatic hydroxyl groups is 1. The number of Topliss-reactive ketones (excluding diaryl/α,β-unsaturated/α-hetero) is 1. The Morgan fingerprint density at radius 1 is 1.03 bits per heavy atom. The van der Waals surface area contributed by atoms with Crippen molar-refractivity contribution in [2.75, 3.05) is 11.5 Å². The fourth-order valence-electron chi connectivity index (χ4n) is 4.10. The summed E-state index contributed by atoms with van der Waals surface area (Å²) in [4.78, 5) is 32.0. The number of nitrogens with zero attached hydrogens (tertiary/aromatic N) is 2. The maximum Gasteiger partial charge on any atom is 0.300 e. The third-order valence-corrected chi connectivity index (χ3v) is 5.68. The van der Waals surface area contributed by atoms with Gasteiger partial charge in [0.15, 0.2) is 0 Å². The second kappa shape index (κ2) is 9.28. The molecule has 2 aromatic carbocycles. The molecule has 0 bridgehead atoms. The SMILES string of the molecule is CCCOc1ccc(/C(O)=C2\C(=O)C(=O)N(c3ccc(C)cc3C)C2c2ccncc2)cc1. The molecule has 3 aromatic rings. The Labute approximate surface area is 193 Å². The highest BCUT2D eigenvalue weighted by molar-refractivity contribution is 6.51. The fraction of sp³-hybridized carbons (Fsp3) is 0.222. The van der Waals surface area contributed by atoms with E-state index in [1.165, 1.54) is 4.90 Å². The normalized spacial score (nSPS) is 17.4. The molecule has 1 atom stereocenters. The van der Waals surface area contributed by atoms with Gasteiger partial charge in [-0.1, -0.05) is 24.6 Å². The van der Waals surface area contributed by atoms with Gasteiger partial charge in [-0.25, -0.2) is 0 Å². The Balaban J connectivity index is 1.85. The number of anilines is 1. The van der Waals surface area contributed by atoms with Crippen LogP contribution >= 0.6 is 0 Å². The van der Waals surface area contributed by atoms with Gasteiger partial charge in [0, 0.05) is 23.6 Å². The van der Waals surface area contributed by atoms with Crippen LogP contribution in [0.25, 0.3) is 5.76 Å². The van der Waals surface area contributed by atoms with Crippen LogP contribution in [0.5, 0.6) is 5.75 Å². The van der Waals surface area contributed by atoms with E-state index in [-0.39, 0.29) is 11.3 Å². The van der Waals surface area contributed by atoms with Crippen molar-refractivity contribution in [3.63, 3.8) is 0 Å². The quantitative estimate of drug-likeness (QED) is 0.326. The van der Waals surface area contributed by atoms with Gasteiger partial charge in [-0.15, -0.1) is 0 Å². The number of hydrogen-bond acceptors (Lipinski definition) is 5. The van der Waals surface area contributed by atoms with E-state index in [9.17, 15) is 14.7 Å². The molecule has 6 nitrogen and oxygen atoms in total. The second-order valence-corrected chi connectivity index (χ2v) is 8.11. The van der Waals surface area contributed by atoms with Crippen molar-refractivity contribution in [1.29, 1.82) is 0 Å². The number of aliphatic hydroxyl groups excluding tert-OH is 1. The molecule has 0 aliphatic carbocycles. The maximum atomic E-state index is 13.2. The summed E-state index contributed by atoms with van der Waals surface area (Å²) in [5.41, 5.74) is 3.73. The van der Waals surface area contributed by atoms with Gasteiger partial charge in [0.25, 0.3) is 11.7 Å². The monoisotopic (exact) mass is 442 g/mol. The van der Waals surface area contributed by atoms with E-state index in [1.807, 2.05) is 39.0 Å². The number of benzene rings is 2. The summed E-state index contributed by atoms with van der Waals surface area (Å²) in [6.45, 7) is 6.49. The third-order valence-electron chi connectivity index (χ3n) is 5.68. The number of rotatable bonds is 6. The lowest BCUT2D eigenvalue weighted by atomic mass is 9.95. The number of hydrogen-bond donors (Lipinski definition) is 1. The molecule has 1 saturated heterocycles. The van der Waals surface area contributed by atoms with E-state index in [4.69, 9.17) is 4.74 Å². The molecule has 1 aromatic heterocycles. The molecule has 4 rings (SSSR count). The molecule has 1 amide bonds. The molecule has 1 N–H and O–H groups in total. The number of carbonyl (C=O) groups is 2. The molecular formula is C27H26N2O4. The Bertz CT molecular complexity index is 1220. The first-order valence-electron chi connectivity index (χ1n) is 10.9. The number of ether oxygens (including phenoxy) is 1. The molecule has 1 aliphatic rings. The summed E-state index contributed by atoms with van der Waals surface area (Å²) < 4.78 is 5.61. The minimum absolute atomic E-state index is 0.0494. The zero-order valence-electron chi connectivity index (χ0n) is 18.9. The van der Waals surface area contributed by atoms with E-state index < -0.39 is 17.7 Å². The molecule has 0 saturated carbocycles. The van der Waals surface area contributed by atoms with Crippen LogP contribution in [0.15, 0.2) is 72.6 Å². The van der Waals surface area contributed by atoms with Crippen molar-refractivity contribution in [2.24, 2.45) is 0 Å². The predicted molar refractivity (Wildman–Crippen MR) is 127 cm³/mol. The first-order chi connectivity index (χ1) is 15.9. The summed E-state index contributed by atoms with van der Waals surface area (Å²) in [6, 6.07) is 15.3. The van der Waals surface area contributed by atoms with Crippen LogP contribution in [0.2, 0.25) is 0 Å². The van der Waals surface area contributed by atoms with Crippen molar-refractivity contribution >= 4 is 23.1 Å². The number of amides is 1. The van der Waals surface area contributed by atoms with Crippen molar-refractivity contribution in [1.82, 2.24) is 4.98 Å². The fourth-order valence-corrected chi connectivity index (χ4v) is 4.10. The summed E-state index contributed by atoms with van der Waals surface area (Å²) >= 11 is 0. The third kappa shape index (κ3) is 4.24. The molecule has 33 heavy (non-hydrogen) atoms. The largest absolute Gasteiger partial charge is 0.507 e. The van der Waals surface area contributed by atoms with Crippen LogP contribution in [-0.4, -0.2) is 28.4 Å². The number of ketones is 1. The minimum Gasteiger partial charge on any atom is -0.507 e. The number of aryl methyl sites for hydroxylation is 2. The van der Waals surface area contributed by atoms with Gasteiger partial charge < -0.3 is 9.84 Å². The Morgan fingerprint density at radius 3 is 2.36 bits per heavy atom. The molecule has 1 unspecified atom stereocenters. The molecule has 2 heterocycles. The number of carbonyl (C=O) groups excluding carboxylic acids is 2. The molecule has 6 heteroatoms. The molecule has 0 radical (unpaired) electrons. The zero-order chi connectivity index (χ0) is 23.5. The summed E-state index contributed by atoms with van der Waals surface area (Å²) in [5, 5.41) is 11.2. The highest BCUT2D eigenvalue weighted by Crippen LogP contribution is 2.43. The van der Waals surface area contributed by atoms with Crippen molar-refractivity contribution in [2.45, 2.75) is 33.2 Å². The summed E-state index contributed by atoms with van der Waals surface area (Å²) in [6.07, 6.45) is 4.10. The van der Waals surface area contributed by atoms with Gasteiger partial charge >= 0.3 is 0 Å². The van der Waals surface area contributed by atoms with Gasteiger partial charge in [0.2, 0.25) is 0 Å². The van der Waals surface area contributed by atoms with Crippen molar-refractivity contribution < 1.29 is 19.4 Å². The maximum absolute atomic E-state index is 13.2. The lowest BCUT2D eigenvalue weighted by molar-refractivity contribution is -0.132. The van der Waals surface area contributed by atoms with Gasteiger partial charge in [-0.05, 0) is 73.9 Å². The van der Waals surface area contributed by atoms with Crippen molar-refractivity contribution in [3.8, 4) is 5.75 Å². The predicted octanol–water partition coefficient (Wildman–Crippen LogP) is 5.11. The first kappa shape index (κ1) is 22.3. The van der Waals surface area contributed by atoms with Gasteiger partial charge in [0.1, 0.15) is 11.5 Å². The van der Waals surface area contributed by atoms with Gasteiger partial charge in [-0.2, -0.15) is 0 Å². The first-order valence-corrected chi connectivity index (χ1v) is 10.9. The molecule has 168 valence electrons. The summed E-state index contributed by atoms with van der Waals surface area (Å²) in [7, 11) is 0. The van der Waals surface area contributed by atoms with E-state index >= 15 is 0 Å². The van der Waals surface area contributed by atoms with Gasteiger partial charge in [-0.3, -0.25) is 19.5 Å². The zero-order valence-corrected chi connectivity index (χ0v) is 18.9. The van der Waals surface area contributed by atoms with Crippen LogP contribution in [0.3, 0.4) is 0 Å². The topological polar surface area (TPSA) is 79.7 Å². The van der Waals surface area contributed by atoms with Crippen molar-refractivity contribution in [3.05, 3.63) is 94.8 Å². The lowest BCUT2D eigenvalue weighted by Crippen LogP contribution is -2.30. The van der Waals surface area contributed by atoms with Gasteiger partial charge in [0.05, 0.1) is 18.2 Å². The highest BCUT2D eigenvalue weighted by Gasteiger charge is 2.47. The van der Waals surface area contributed by atoms with E-state index in [0.29, 0.717) is 29.2 Å². The molecule has 1 fully saturated rings. The Kier molecular flexibility index (Phi) is 6.27. The lowest BCUT2D eigenvalue weighted by Gasteiger charge is -2.27. The van der Waals surface area contributed by atoms with E-state index in [1.54, 1.807) is 48.8 Å². The number of aromatic nitrogens is 1. The highest BCUT2D eigenvalue weighted by atomic mass is 16.5. The van der Waals surface area contributed by atoms with Crippen LogP contribution in [0.4, 0.5) is 5.69 Å². The van der Waals surface area contributed by atoms with Crippen LogP contribution in [0.1, 0.15) is 41.6 Å². The number of pyridine rings is 1.